The maximum absolute atomic E-state index is 11.0. The average molecular weight is 359 g/mol. The highest BCUT2D eigenvalue weighted by atomic mass is 32.2. The monoisotopic (exact) mass is 359 g/mol. The lowest BCUT2D eigenvalue weighted by Gasteiger charge is -2.15. The molecule has 2 atom stereocenters. The smallest absolute Gasteiger partial charge is 0.161 e. The molecule has 0 saturated carbocycles. The molecule has 2 aromatic rings. The minimum Gasteiger partial charge on any atom is -0.544 e. The van der Waals surface area contributed by atoms with Crippen molar-refractivity contribution in [1.29, 1.82) is 0 Å². The number of carboxylic acids is 1. The number of quaternary nitrogens is 1. The highest BCUT2D eigenvalue weighted by Gasteiger charge is 2.31. The van der Waals surface area contributed by atoms with Crippen LogP contribution < -0.4 is 19.9 Å². The summed E-state index contributed by atoms with van der Waals surface area (Å²) in [6.07, 6.45) is 0. The summed E-state index contributed by atoms with van der Waals surface area (Å²) in [4.78, 5) is 11.0. The van der Waals surface area contributed by atoms with E-state index in [1.807, 2.05) is 35.6 Å². The molecule has 2 aromatic carbocycles. The highest BCUT2D eigenvalue weighted by molar-refractivity contribution is 7.99. The van der Waals surface area contributed by atoms with Gasteiger partial charge in [0.15, 0.2) is 16.9 Å². The van der Waals surface area contributed by atoms with E-state index in [2.05, 4.69) is 19.1 Å². The van der Waals surface area contributed by atoms with Crippen LogP contribution in [0.25, 0.3) is 0 Å². The molecule has 6 heteroatoms. The minimum atomic E-state index is -1.01. The number of ether oxygens (including phenoxy) is 2. The third-order valence-electron chi connectivity index (χ3n) is 4.20. The fourth-order valence-corrected chi connectivity index (χ4v) is 4.01. The summed E-state index contributed by atoms with van der Waals surface area (Å²) in [6, 6.07) is 13.4. The first-order valence-electron chi connectivity index (χ1n) is 8.10. The molecule has 0 amide bonds. The van der Waals surface area contributed by atoms with E-state index in [0.29, 0.717) is 23.9 Å². The van der Waals surface area contributed by atoms with Gasteiger partial charge < -0.3 is 24.7 Å². The number of rotatable bonds is 6. The third-order valence-corrected chi connectivity index (χ3v) is 5.54. The molecule has 2 N–H and O–H groups in total. The third kappa shape index (κ3) is 4.27. The van der Waals surface area contributed by atoms with Crippen LogP contribution in [0.5, 0.6) is 11.5 Å². The zero-order chi connectivity index (χ0) is 17.8. The maximum Gasteiger partial charge on any atom is 0.161 e. The molecule has 0 bridgehead atoms. The van der Waals surface area contributed by atoms with Crippen molar-refractivity contribution >= 4 is 17.7 Å². The Kier molecular flexibility index (Phi) is 5.50. The second-order valence-corrected chi connectivity index (χ2v) is 7.23. The molecule has 3 rings (SSSR count). The van der Waals surface area contributed by atoms with Gasteiger partial charge in [0.2, 0.25) is 0 Å². The predicted octanol–water partition coefficient (Wildman–Crippen LogP) is 1.01. The number of aryl methyl sites for hydroxylation is 1. The summed E-state index contributed by atoms with van der Waals surface area (Å²) in [6.45, 7) is 2.52. The second kappa shape index (κ2) is 7.80. The zero-order valence-electron chi connectivity index (χ0n) is 14.2. The van der Waals surface area contributed by atoms with Gasteiger partial charge in [0.05, 0.1) is 12.9 Å². The Hall–Kier alpha value is -2.18. The van der Waals surface area contributed by atoms with E-state index in [1.165, 1.54) is 5.56 Å². The van der Waals surface area contributed by atoms with Crippen molar-refractivity contribution in [2.75, 3.05) is 12.9 Å². The average Bonchev–Trinajstić information content (AvgIpc) is 3.11. The van der Waals surface area contributed by atoms with Crippen molar-refractivity contribution in [3.8, 4) is 11.5 Å². The molecule has 0 aliphatic carbocycles. The van der Waals surface area contributed by atoms with Crippen LogP contribution in [0.2, 0.25) is 0 Å². The molecule has 25 heavy (non-hydrogen) atoms. The van der Waals surface area contributed by atoms with E-state index in [9.17, 15) is 9.90 Å². The molecule has 1 aliphatic rings. The van der Waals surface area contributed by atoms with Crippen LogP contribution in [-0.2, 0) is 11.4 Å². The van der Waals surface area contributed by atoms with E-state index in [4.69, 9.17) is 9.47 Å². The van der Waals surface area contributed by atoms with Gasteiger partial charge in [0.1, 0.15) is 18.6 Å². The Morgan fingerprint density at radius 2 is 2.00 bits per heavy atom. The largest absolute Gasteiger partial charge is 0.544 e. The topological polar surface area (TPSA) is 75.2 Å². The Bertz CT molecular complexity index is 748. The number of benzene rings is 2. The Labute approximate surface area is 151 Å². The molecule has 1 saturated heterocycles. The van der Waals surface area contributed by atoms with Crippen LogP contribution in [0, 0.1) is 6.92 Å². The number of carboxylic acid groups (broad SMARTS) is 1. The van der Waals surface area contributed by atoms with E-state index < -0.39 is 12.0 Å². The van der Waals surface area contributed by atoms with E-state index in [0.717, 1.165) is 11.1 Å². The van der Waals surface area contributed by atoms with E-state index in [1.54, 1.807) is 18.9 Å². The van der Waals surface area contributed by atoms with Gasteiger partial charge in [-0.2, -0.15) is 0 Å². The van der Waals surface area contributed by atoms with Gasteiger partial charge in [-0.05, 0) is 30.7 Å². The summed E-state index contributed by atoms with van der Waals surface area (Å²) in [5, 5.41) is 12.8. The molecule has 0 spiro atoms. The molecule has 132 valence electrons. The summed E-state index contributed by atoms with van der Waals surface area (Å²) in [5.74, 6) is 0.850. The van der Waals surface area contributed by atoms with Crippen LogP contribution in [0.15, 0.2) is 42.5 Å². The summed E-state index contributed by atoms with van der Waals surface area (Å²) in [5.41, 5.74) is 3.31. The van der Waals surface area contributed by atoms with Crippen molar-refractivity contribution in [2.24, 2.45) is 0 Å². The van der Waals surface area contributed by atoms with Crippen molar-refractivity contribution in [2.45, 2.75) is 24.9 Å². The van der Waals surface area contributed by atoms with Gasteiger partial charge in [-0.1, -0.05) is 41.6 Å². The quantitative estimate of drug-likeness (QED) is 0.833. The van der Waals surface area contributed by atoms with E-state index >= 15 is 0 Å². The molecule has 0 aromatic heterocycles. The lowest BCUT2D eigenvalue weighted by atomic mass is 10.1. The van der Waals surface area contributed by atoms with Crippen LogP contribution in [0.1, 0.15) is 22.1 Å². The summed E-state index contributed by atoms with van der Waals surface area (Å²) >= 11 is 1.60. The number of methoxy groups -OCH3 is 1. The van der Waals surface area contributed by atoms with Gasteiger partial charge in [0, 0.05) is 5.56 Å². The summed E-state index contributed by atoms with van der Waals surface area (Å²) in [7, 11) is 1.60. The molecule has 1 heterocycles. The van der Waals surface area contributed by atoms with Crippen LogP contribution in [-0.4, -0.2) is 24.9 Å². The van der Waals surface area contributed by atoms with Gasteiger partial charge in [-0.25, -0.2) is 0 Å². The standard InChI is InChI=1S/C19H21NO4S/c1-12-3-5-13(6-4-12)10-24-16-8-7-14(9-17(16)23-2)18-20-15(11-25-18)19(21)22/h3-9,15,18,20H,10-11H2,1-2H3,(H,21,22)/t15-,18-/m1/s1. The summed E-state index contributed by atoms with van der Waals surface area (Å²) < 4.78 is 11.3. The van der Waals surface area contributed by atoms with Gasteiger partial charge in [-0.3, -0.25) is 0 Å². The Morgan fingerprint density at radius 3 is 2.64 bits per heavy atom. The van der Waals surface area contributed by atoms with Crippen molar-refractivity contribution in [3.05, 3.63) is 59.2 Å². The molecule has 5 nitrogen and oxygen atoms in total. The first-order chi connectivity index (χ1) is 12.1. The number of thioether (sulfide) groups is 1. The predicted molar refractivity (Wildman–Crippen MR) is 94.4 cm³/mol. The SMILES string of the molecule is COc1cc([C@@H]2[NH2+][C@@H](C(=O)[O-])CS2)ccc1OCc1ccc(C)cc1. The van der Waals surface area contributed by atoms with Gasteiger partial charge in [-0.15, -0.1) is 0 Å². The first-order valence-corrected chi connectivity index (χ1v) is 9.15. The van der Waals surface area contributed by atoms with Crippen LogP contribution in [0.4, 0.5) is 0 Å². The second-order valence-electron chi connectivity index (χ2n) is 6.06. The molecule has 1 fully saturated rings. The fraction of sp³-hybridized carbons (Fsp3) is 0.316. The Morgan fingerprint density at radius 1 is 1.24 bits per heavy atom. The first kappa shape index (κ1) is 17.6. The molecular formula is C19H21NO4S. The minimum absolute atomic E-state index is 0.0305. The van der Waals surface area contributed by atoms with E-state index in [-0.39, 0.29) is 5.37 Å². The molecular weight excluding hydrogens is 338 g/mol. The maximum atomic E-state index is 11.0. The molecule has 0 radical (unpaired) electrons. The van der Waals surface area contributed by atoms with Crippen molar-refractivity contribution in [3.63, 3.8) is 0 Å². The molecule has 1 aliphatic heterocycles. The number of carbonyl (C=O) groups is 1. The fourth-order valence-electron chi connectivity index (χ4n) is 2.71. The lowest BCUT2D eigenvalue weighted by molar-refractivity contribution is -0.690. The van der Waals surface area contributed by atoms with Crippen LogP contribution >= 0.6 is 11.8 Å². The van der Waals surface area contributed by atoms with Crippen molar-refractivity contribution in [1.82, 2.24) is 0 Å². The number of aliphatic carboxylic acids is 1. The lowest BCUT2D eigenvalue weighted by Crippen LogP contribution is -2.90. The number of hydrogen-bond donors (Lipinski definition) is 1. The van der Waals surface area contributed by atoms with Gasteiger partial charge >= 0.3 is 0 Å². The van der Waals surface area contributed by atoms with Gasteiger partial charge in [0.25, 0.3) is 0 Å². The number of hydrogen-bond acceptors (Lipinski definition) is 5. The van der Waals surface area contributed by atoms with Crippen molar-refractivity contribution < 1.29 is 24.7 Å². The highest BCUT2D eigenvalue weighted by Crippen LogP contribution is 2.34. The normalized spacial score (nSPS) is 19.6. The van der Waals surface area contributed by atoms with Crippen LogP contribution in [0.3, 0.4) is 0 Å². The molecule has 0 unspecified atom stereocenters. The zero-order valence-corrected chi connectivity index (χ0v) is 15.0. The number of nitrogens with two attached hydrogens (primary N) is 1. The Balaban J connectivity index is 1.69. The number of carbonyl (C=O) groups excluding carboxylic acids is 1.